The van der Waals surface area contributed by atoms with Crippen LogP contribution in [0.1, 0.15) is 30.7 Å². The van der Waals surface area contributed by atoms with Crippen LogP contribution in [0.5, 0.6) is 0 Å². The zero-order valence-electron chi connectivity index (χ0n) is 12.6. The molecule has 0 unspecified atom stereocenters. The van der Waals surface area contributed by atoms with E-state index >= 15 is 0 Å². The van der Waals surface area contributed by atoms with E-state index in [4.69, 9.17) is 0 Å². The van der Waals surface area contributed by atoms with Crippen LogP contribution in [0.2, 0.25) is 0 Å². The quantitative estimate of drug-likeness (QED) is 0.538. The standard InChI is InChI=1S/C20H16BrN/c1-20(2)17(18-10-9-15(21)12-22-18)11-14-8-7-13-5-3-4-6-16(13)19(14)20/h3-12H,1-2H3. The second-order valence-electron chi connectivity index (χ2n) is 6.30. The molecule has 1 nitrogen and oxygen atoms in total. The first-order chi connectivity index (χ1) is 10.6. The summed E-state index contributed by atoms with van der Waals surface area (Å²) in [6.45, 7) is 4.58. The number of rotatable bonds is 1. The molecule has 0 radical (unpaired) electrons. The summed E-state index contributed by atoms with van der Waals surface area (Å²) in [4.78, 5) is 4.60. The van der Waals surface area contributed by atoms with Gasteiger partial charge in [-0.3, -0.25) is 4.98 Å². The van der Waals surface area contributed by atoms with Gasteiger partial charge in [-0.15, -0.1) is 0 Å². The summed E-state index contributed by atoms with van der Waals surface area (Å²) in [5.41, 5.74) is 5.00. The molecule has 0 saturated heterocycles. The third-order valence-corrected chi connectivity index (χ3v) is 5.03. The van der Waals surface area contributed by atoms with Crippen LogP contribution in [0.3, 0.4) is 0 Å². The summed E-state index contributed by atoms with van der Waals surface area (Å²) in [6.07, 6.45) is 4.16. The lowest BCUT2D eigenvalue weighted by Crippen LogP contribution is -2.17. The Morgan fingerprint density at radius 1 is 0.955 bits per heavy atom. The van der Waals surface area contributed by atoms with E-state index in [1.54, 1.807) is 0 Å². The maximum Gasteiger partial charge on any atom is 0.0671 e. The highest BCUT2D eigenvalue weighted by atomic mass is 79.9. The van der Waals surface area contributed by atoms with Crippen LogP contribution in [0.15, 0.2) is 59.2 Å². The van der Waals surface area contributed by atoms with Gasteiger partial charge < -0.3 is 0 Å². The van der Waals surface area contributed by atoms with Crippen molar-refractivity contribution in [3.8, 4) is 0 Å². The average Bonchev–Trinajstić information content (AvgIpc) is 2.80. The van der Waals surface area contributed by atoms with Gasteiger partial charge in [0.1, 0.15) is 0 Å². The van der Waals surface area contributed by atoms with Crippen molar-refractivity contribution in [2.24, 2.45) is 0 Å². The molecule has 22 heavy (non-hydrogen) atoms. The predicted octanol–water partition coefficient (Wildman–Crippen LogP) is 5.83. The van der Waals surface area contributed by atoms with Gasteiger partial charge >= 0.3 is 0 Å². The molecule has 2 heteroatoms. The number of aromatic nitrogens is 1. The highest BCUT2D eigenvalue weighted by Crippen LogP contribution is 2.48. The Labute approximate surface area is 138 Å². The molecule has 0 amide bonds. The molecule has 0 bridgehead atoms. The Balaban J connectivity index is 1.95. The maximum atomic E-state index is 4.60. The van der Waals surface area contributed by atoms with Crippen molar-refractivity contribution in [3.63, 3.8) is 0 Å². The number of benzene rings is 2. The van der Waals surface area contributed by atoms with Gasteiger partial charge in [-0.2, -0.15) is 0 Å². The van der Waals surface area contributed by atoms with E-state index in [2.05, 4.69) is 89.4 Å². The molecule has 1 aromatic heterocycles. The normalized spacial score (nSPS) is 15.7. The molecule has 0 aliphatic heterocycles. The molecule has 3 aromatic rings. The van der Waals surface area contributed by atoms with E-state index < -0.39 is 0 Å². The summed E-state index contributed by atoms with van der Waals surface area (Å²) >= 11 is 3.46. The molecular weight excluding hydrogens is 334 g/mol. The van der Waals surface area contributed by atoms with Gasteiger partial charge in [0.25, 0.3) is 0 Å². The summed E-state index contributed by atoms with van der Waals surface area (Å²) in [6, 6.07) is 17.2. The summed E-state index contributed by atoms with van der Waals surface area (Å²) in [5, 5.41) is 2.64. The number of halogens is 1. The van der Waals surface area contributed by atoms with Gasteiger partial charge in [0.15, 0.2) is 0 Å². The zero-order valence-corrected chi connectivity index (χ0v) is 14.2. The number of fused-ring (bicyclic) bond motifs is 3. The lowest BCUT2D eigenvalue weighted by atomic mass is 9.78. The van der Waals surface area contributed by atoms with E-state index in [0.717, 1.165) is 10.2 Å². The fourth-order valence-corrected chi connectivity index (χ4v) is 3.74. The molecule has 2 aromatic carbocycles. The minimum atomic E-state index is -0.0446. The molecular formula is C20H16BrN. The first kappa shape index (κ1) is 13.7. The zero-order chi connectivity index (χ0) is 15.3. The van der Waals surface area contributed by atoms with Crippen LogP contribution in [0, 0.1) is 0 Å². The van der Waals surface area contributed by atoms with Crippen molar-refractivity contribution >= 4 is 38.4 Å². The van der Waals surface area contributed by atoms with Gasteiger partial charge in [0.05, 0.1) is 5.69 Å². The van der Waals surface area contributed by atoms with Crippen molar-refractivity contribution in [1.82, 2.24) is 4.98 Å². The first-order valence-corrected chi connectivity index (χ1v) is 8.23. The van der Waals surface area contributed by atoms with Crippen LogP contribution in [-0.2, 0) is 5.41 Å². The van der Waals surface area contributed by atoms with Crippen LogP contribution in [0.4, 0.5) is 0 Å². The van der Waals surface area contributed by atoms with Gasteiger partial charge in [0.2, 0.25) is 0 Å². The van der Waals surface area contributed by atoms with Crippen molar-refractivity contribution in [2.45, 2.75) is 19.3 Å². The molecule has 0 spiro atoms. The molecule has 0 N–H and O–H groups in total. The second-order valence-corrected chi connectivity index (χ2v) is 7.21. The molecule has 0 atom stereocenters. The lowest BCUT2D eigenvalue weighted by Gasteiger charge is -2.26. The lowest BCUT2D eigenvalue weighted by molar-refractivity contribution is 0.707. The van der Waals surface area contributed by atoms with Crippen molar-refractivity contribution in [2.75, 3.05) is 0 Å². The summed E-state index contributed by atoms with van der Waals surface area (Å²) in [5.74, 6) is 0. The molecule has 4 rings (SSSR count). The first-order valence-electron chi connectivity index (χ1n) is 7.44. The predicted molar refractivity (Wildman–Crippen MR) is 96.8 cm³/mol. The van der Waals surface area contributed by atoms with Crippen LogP contribution in [-0.4, -0.2) is 4.98 Å². The topological polar surface area (TPSA) is 12.9 Å². The van der Waals surface area contributed by atoms with E-state index in [9.17, 15) is 0 Å². The molecule has 108 valence electrons. The van der Waals surface area contributed by atoms with Crippen molar-refractivity contribution in [1.29, 1.82) is 0 Å². The van der Waals surface area contributed by atoms with Crippen LogP contribution >= 0.6 is 15.9 Å². The van der Waals surface area contributed by atoms with E-state index in [-0.39, 0.29) is 5.41 Å². The van der Waals surface area contributed by atoms with Gasteiger partial charge in [-0.25, -0.2) is 0 Å². The monoisotopic (exact) mass is 349 g/mol. The fraction of sp³-hybridized carbons (Fsp3) is 0.150. The van der Waals surface area contributed by atoms with Crippen LogP contribution in [0.25, 0.3) is 22.4 Å². The molecule has 0 saturated carbocycles. The maximum absolute atomic E-state index is 4.60. The van der Waals surface area contributed by atoms with Crippen LogP contribution < -0.4 is 0 Å². The number of pyridine rings is 1. The molecule has 1 aliphatic carbocycles. The third kappa shape index (κ3) is 1.94. The Bertz CT molecular complexity index is 905. The average molecular weight is 350 g/mol. The Morgan fingerprint density at radius 3 is 2.55 bits per heavy atom. The largest absolute Gasteiger partial charge is 0.255 e. The number of nitrogens with zero attached hydrogens (tertiary/aromatic N) is 1. The number of hydrogen-bond acceptors (Lipinski definition) is 1. The summed E-state index contributed by atoms with van der Waals surface area (Å²) < 4.78 is 1.01. The molecule has 1 aliphatic rings. The van der Waals surface area contributed by atoms with E-state index in [0.29, 0.717) is 0 Å². The third-order valence-electron chi connectivity index (χ3n) is 4.56. The van der Waals surface area contributed by atoms with Gasteiger partial charge in [0, 0.05) is 16.1 Å². The van der Waals surface area contributed by atoms with Crippen molar-refractivity contribution < 1.29 is 0 Å². The highest BCUT2D eigenvalue weighted by Gasteiger charge is 2.35. The second kappa shape index (κ2) is 4.79. The Kier molecular flexibility index (Phi) is 2.98. The van der Waals surface area contributed by atoms with E-state index in [1.165, 1.54) is 27.5 Å². The Hall–Kier alpha value is -1.93. The minimum Gasteiger partial charge on any atom is -0.255 e. The summed E-state index contributed by atoms with van der Waals surface area (Å²) in [7, 11) is 0. The Morgan fingerprint density at radius 2 is 1.77 bits per heavy atom. The minimum absolute atomic E-state index is 0.0446. The SMILES string of the molecule is CC1(C)C(c2ccc(Br)cn2)=Cc2ccc3ccccc3c21. The fourth-order valence-electron chi connectivity index (χ4n) is 3.51. The molecule has 0 fully saturated rings. The number of allylic oxidation sites excluding steroid dienone is 1. The number of hydrogen-bond donors (Lipinski definition) is 0. The molecule has 1 heterocycles. The van der Waals surface area contributed by atoms with Gasteiger partial charge in [-0.1, -0.05) is 50.2 Å². The van der Waals surface area contributed by atoms with E-state index in [1.807, 2.05) is 6.20 Å². The van der Waals surface area contributed by atoms with Crippen molar-refractivity contribution in [3.05, 3.63) is 76.0 Å². The van der Waals surface area contributed by atoms with Gasteiger partial charge in [-0.05, 0) is 61.6 Å². The highest BCUT2D eigenvalue weighted by molar-refractivity contribution is 9.10. The smallest absolute Gasteiger partial charge is 0.0671 e.